The smallest absolute Gasteiger partial charge is 0.160 e. The zero-order chi connectivity index (χ0) is 24.2. The standard InChI is InChI=1S/C30H46O3/c1-18(2)24-20(32)16-30(17-31)15-14-28(6)19(25(24)30)8-9-22-27(5)12-11-23(33)26(3,4)21(27)10-13-29(22,28)7/h17-19,21-23,33H,8-16H2,1-7H3/t19-,21-,22-,23+,27+,28-,29-,30?/m1/s1. The molecule has 0 amide bonds. The van der Waals surface area contributed by atoms with Crippen molar-refractivity contribution >= 4 is 12.1 Å². The van der Waals surface area contributed by atoms with Gasteiger partial charge in [0.1, 0.15) is 6.29 Å². The zero-order valence-electron chi connectivity index (χ0n) is 22.1. The molecule has 1 unspecified atom stereocenters. The maximum absolute atomic E-state index is 13.2. The molecule has 3 heteroatoms. The van der Waals surface area contributed by atoms with E-state index in [4.69, 9.17) is 0 Å². The van der Waals surface area contributed by atoms with Crippen LogP contribution in [0.15, 0.2) is 11.1 Å². The van der Waals surface area contributed by atoms with Crippen LogP contribution >= 0.6 is 0 Å². The Balaban J connectivity index is 1.61. The van der Waals surface area contributed by atoms with Crippen molar-refractivity contribution in [2.75, 3.05) is 0 Å². The number of fused-ring (bicyclic) bond motifs is 7. The quantitative estimate of drug-likeness (QED) is 0.483. The van der Waals surface area contributed by atoms with E-state index in [0.29, 0.717) is 24.2 Å². The van der Waals surface area contributed by atoms with Crippen molar-refractivity contribution in [1.82, 2.24) is 0 Å². The fourth-order valence-corrected chi connectivity index (χ4v) is 10.8. The number of rotatable bonds is 2. The molecule has 0 aromatic heterocycles. The first-order valence-corrected chi connectivity index (χ1v) is 13.7. The van der Waals surface area contributed by atoms with Crippen LogP contribution in [0.4, 0.5) is 0 Å². The van der Waals surface area contributed by atoms with Crippen LogP contribution in [0, 0.1) is 50.7 Å². The second-order valence-electron chi connectivity index (χ2n) is 14.3. The van der Waals surface area contributed by atoms with E-state index in [0.717, 1.165) is 44.0 Å². The van der Waals surface area contributed by atoms with E-state index in [9.17, 15) is 14.7 Å². The highest BCUT2D eigenvalue weighted by Crippen LogP contribution is 2.76. The first kappa shape index (κ1) is 23.8. The van der Waals surface area contributed by atoms with Crippen LogP contribution in [0.1, 0.15) is 106 Å². The van der Waals surface area contributed by atoms with Gasteiger partial charge in [0, 0.05) is 6.42 Å². The third-order valence-corrected chi connectivity index (χ3v) is 12.7. The summed E-state index contributed by atoms with van der Waals surface area (Å²) in [5.41, 5.74) is 2.29. The molecule has 0 aliphatic heterocycles. The van der Waals surface area contributed by atoms with Crippen LogP contribution < -0.4 is 0 Å². The average molecular weight is 455 g/mol. The van der Waals surface area contributed by atoms with Crippen molar-refractivity contribution in [1.29, 1.82) is 0 Å². The molecule has 0 aromatic carbocycles. The predicted octanol–water partition coefficient (Wildman–Crippen LogP) is 6.53. The van der Waals surface area contributed by atoms with Gasteiger partial charge in [0.2, 0.25) is 0 Å². The predicted molar refractivity (Wildman–Crippen MR) is 131 cm³/mol. The van der Waals surface area contributed by atoms with Crippen molar-refractivity contribution in [3.05, 3.63) is 11.1 Å². The van der Waals surface area contributed by atoms with Crippen LogP contribution in [0.25, 0.3) is 0 Å². The largest absolute Gasteiger partial charge is 0.393 e. The summed E-state index contributed by atoms with van der Waals surface area (Å²) in [5.74, 6) is 1.98. The van der Waals surface area contributed by atoms with Gasteiger partial charge in [-0.3, -0.25) is 4.79 Å². The summed E-state index contributed by atoms with van der Waals surface area (Å²) < 4.78 is 0. The lowest BCUT2D eigenvalue weighted by Crippen LogP contribution is -2.65. The van der Waals surface area contributed by atoms with Gasteiger partial charge in [0.15, 0.2) is 5.78 Å². The van der Waals surface area contributed by atoms with Gasteiger partial charge in [-0.15, -0.1) is 0 Å². The number of aliphatic hydroxyl groups is 1. The normalized spacial score (nSPS) is 51.0. The number of Topliss-reactive ketones (excluding diaryl/α,β-unsaturated/α-hetero) is 1. The molecular weight excluding hydrogens is 408 g/mol. The molecule has 184 valence electrons. The van der Waals surface area contributed by atoms with E-state index in [1.165, 1.54) is 24.8 Å². The molecule has 8 atom stereocenters. The second-order valence-corrected chi connectivity index (χ2v) is 14.3. The molecule has 0 aromatic rings. The van der Waals surface area contributed by atoms with Crippen molar-refractivity contribution < 1.29 is 14.7 Å². The number of aldehydes is 1. The molecule has 1 N–H and O–H groups in total. The maximum Gasteiger partial charge on any atom is 0.160 e. The first-order chi connectivity index (χ1) is 15.3. The molecule has 0 saturated heterocycles. The molecular formula is C30H46O3. The van der Waals surface area contributed by atoms with Crippen molar-refractivity contribution in [2.45, 2.75) is 112 Å². The van der Waals surface area contributed by atoms with Crippen molar-refractivity contribution in [2.24, 2.45) is 50.7 Å². The molecule has 0 spiro atoms. The summed E-state index contributed by atoms with van der Waals surface area (Å²) in [4.78, 5) is 25.7. The summed E-state index contributed by atoms with van der Waals surface area (Å²) in [7, 11) is 0. The first-order valence-electron chi connectivity index (χ1n) is 13.7. The molecule has 4 saturated carbocycles. The maximum atomic E-state index is 13.2. The molecule has 5 aliphatic carbocycles. The molecule has 5 aliphatic rings. The molecule has 33 heavy (non-hydrogen) atoms. The van der Waals surface area contributed by atoms with Gasteiger partial charge in [0.25, 0.3) is 0 Å². The van der Waals surface area contributed by atoms with Crippen LogP contribution in [0.5, 0.6) is 0 Å². The average Bonchev–Trinajstić information content (AvgIpc) is 3.04. The molecule has 3 nitrogen and oxygen atoms in total. The van der Waals surface area contributed by atoms with Gasteiger partial charge in [-0.1, -0.05) is 48.5 Å². The van der Waals surface area contributed by atoms with Crippen LogP contribution in [-0.4, -0.2) is 23.3 Å². The third kappa shape index (κ3) is 2.72. The second kappa shape index (κ2) is 7.05. The van der Waals surface area contributed by atoms with E-state index >= 15 is 0 Å². The fraction of sp³-hybridized carbons (Fsp3) is 0.867. The van der Waals surface area contributed by atoms with Crippen molar-refractivity contribution in [3.63, 3.8) is 0 Å². The van der Waals surface area contributed by atoms with Crippen molar-refractivity contribution in [3.8, 4) is 0 Å². The monoisotopic (exact) mass is 454 g/mol. The molecule has 0 heterocycles. The highest BCUT2D eigenvalue weighted by molar-refractivity contribution is 6.03. The summed E-state index contributed by atoms with van der Waals surface area (Å²) in [6, 6.07) is 0. The van der Waals surface area contributed by atoms with Gasteiger partial charge < -0.3 is 9.90 Å². The number of ketones is 1. The van der Waals surface area contributed by atoms with E-state index in [2.05, 4.69) is 48.5 Å². The summed E-state index contributed by atoms with van der Waals surface area (Å²) in [6.45, 7) is 16.5. The van der Waals surface area contributed by atoms with Gasteiger partial charge in [-0.25, -0.2) is 0 Å². The van der Waals surface area contributed by atoms with E-state index in [1.54, 1.807) is 0 Å². The Labute approximate surface area is 201 Å². The minimum absolute atomic E-state index is 0.0312. The Morgan fingerprint density at radius 3 is 2.21 bits per heavy atom. The van der Waals surface area contributed by atoms with Gasteiger partial charge >= 0.3 is 0 Å². The number of carbonyl (C=O) groups excluding carboxylic acids is 2. The molecule has 0 bridgehead atoms. The Morgan fingerprint density at radius 2 is 1.58 bits per heavy atom. The number of hydrogen-bond acceptors (Lipinski definition) is 3. The molecule has 5 rings (SSSR count). The van der Waals surface area contributed by atoms with Crippen LogP contribution in [0.3, 0.4) is 0 Å². The van der Waals surface area contributed by atoms with E-state index < -0.39 is 5.41 Å². The summed E-state index contributed by atoms with van der Waals surface area (Å²) in [6.07, 6.45) is 9.99. The zero-order valence-corrected chi connectivity index (χ0v) is 22.1. The Hall–Kier alpha value is -0.960. The van der Waals surface area contributed by atoms with Gasteiger partial charge in [0.05, 0.1) is 11.5 Å². The van der Waals surface area contributed by atoms with Gasteiger partial charge in [-0.05, 0) is 108 Å². The number of hydrogen-bond donors (Lipinski definition) is 1. The Bertz CT molecular complexity index is 914. The number of aliphatic hydroxyl groups excluding tert-OH is 1. The summed E-state index contributed by atoms with van der Waals surface area (Å²) in [5, 5.41) is 10.9. The molecule has 4 fully saturated rings. The highest BCUT2D eigenvalue weighted by Gasteiger charge is 2.69. The third-order valence-electron chi connectivity index (χ3n) is 12.7. The number of allylic oxidation sites excluding steroid dienone is 2. The SMILES string of the molecule is CC(C)C1=C2[C@H]3CC[C@@H]4[C@@]5(C)CC[C@H](O)C(C)(C)[C@H]5CC[C@@]4(C)[C@]3(C)CCC2(C=O)CC1=O. The topological polar surface area (TPSA) is 54.4 Å². The van der Waals surface area contributed by atoms with E-state index in [1.807, 2.05) is 0 Å². The lowest BCUT2D eigenvalue weighted by Gasteiger charge is -2.72. The lowest BCUT2D eigenvalue weighted by molar-refractivity contribution is -0.227. The fourth-order valence-electron chi connectivity index (χ4n) is 10.8. The lowest BCUT2D eigenvalue weighted by atomic mass is 9.33. The van der Waals surface area contributed by atoms with Crippen LogP contribution in [-0.2, 0) is 9.59 Å². The minimum Gasteiger partial charge on any atom is -0.393 e. The van der Waals surface area contributed by atoms with Gasteiger partial charge in [-0.2, -0.15) is 0 Å². The van der Waals surface area contributed by atoms with E-state index in [-0.39, 0.29) is 39.5 Å². The number of carbonyl (C=O) groups is 2. The molecule has 0 radical (unpaired) electrons. The Morgan fingerprint density at radius 1 is 0.879 bits per heavy atom. The summed E-state index contributed by atoms with van der Waals surface area (Å²) >= 11 is 0. The minimum atomic E-state index is -0.526. The van der Waals surface area contributed by atoms with Crippen LogP contribution in [0.2, 0.25) is 0 Å². The Kier molecular flexibility index (Phi) is 5.08. The highest BCUT2D eigenvalue weighted by atomic mass is 16.3.